The lowest BCUT2D eigenvalue weighted by Gasteiger charge is -2.09. The van der Waals surface area contributed by atoms with Crippen LogP contribution in [0.3, 0.4) is 0 Å². The summed E-state index contributed by atoms with van der Waals surface area (Å²) < 4.78 is 15.5. The van der Waals surface area contributed by atoms with Crippen LogP contribution in [0, 0.1) is 10.1 Å². The van der Waals surface area contributed by atoms with Gasteiger partial charge in [0.05, 0.1) is 37.4 Å². The summed E-state index contributed by atoms with van der Waals surface area (Å²) in [4.78, 5) is 10.4. The Morgan fingerprint density at radius 1 is 1.25 bits per heavy atom. The van der Waals surface area contributed by atoms with E-state index in [1.54, 1.807) is 13.2 Å². The number of nitrogens with one attached hydrogen (secondary N) is 1. The Hall–Kier alpha value is -1.86. The van der Waals surface area contributed by atoms with Crippen molar-refractivity contribution < 1.29 is 19.1 Å². The molecule has 0 unspecified atom stereocenters. The van der Waals surface area contributed by atoms with Crippen LogP contribution in [0.2, 0.25) is 0 Å². The SMILES string of the molecule is CCOc1cc(NCCOCCOC)cc([N+](=O)[O-])c1. The molecule has 0 aromatic heterocycles. The normalized spacial score (nSPS) is 10.3. The lowest BCUT2D eigenvalue weighted by atomic mass is 10.2. The van der Waals surface area contributed by atoms with E-state index in [2.05, 4.69) is 5.32 Å². The summed E-state index contributed by atoms with van der Waals surface area (Å²) in [7, 11) is 1.61. The number of non-ortho nitro benzene ring substituents is 1. The third kappa shape index (κ3) is 5.85. The van der Waals surface area contributed by atoms with E-state index in [9.17, 15) is 10.1 Å². The molecule has 0 saturated carbocycles. The van der Waals surface area contributed by atoms with Crippen molar-refractivity contribution in [1.82, 2.24) is 0 Å². The van der Waals surface area contributed by atoms with E-state index in [-0.39, 0.29) is 5.69 Å². The minimum absolute atomic E-state index is 0.00116. The van der Waals surface area contributed by atoms with E-state index in [1.165, 1.54) is 12.1 Å². The van der Waals surface area contributed by atoms with Crippen molar-refractivity contribution in [2.24, 2.45) is 0 Å². The highest BCUT2D eigenvalue weighted by Crippen LogP contribution is 2.25. The van der Waals surface area contributed by atoms with Gasteiger partial charge < -0.3 is 19.5 Å². The molecule has 20 heavy (non-hydrogen) atoms. The van der Waals surface area contributed by atoms with Crippen molar-refractivity contribution in [2.75, 3.05) is 45.4 Å². The minimum atomic E-state index is -0.442. The molecule has 0 radical (unpaired) electrons. The number of hydrogen-bond acceptors (Lipinski definition) is 6. The second-order valence-corrected chi connectivity index (χ2v) is 3.94. The van der Waals surface area contributed by atoms with Crippen LogP contribution in [0.25, 0.3) is 0 Å². The number of hydrogen-bond donors (Lipinski definition) is 1. The molecule has 0 aliphatic carbocycles. The molecule has 1 rings (SSSR count). The molecule has 0 fully saturated rings. The molecule has 1 aromatic rings. The van der Waals surface area contributed by atoms with Crippen molar-refractivity contribution in [3.8, 4) is 5.75 Å². The second-order valence-electron chi connectivity index (χ2n) is 3.94. The fourth-order valence-corrected chi connectivity index (χ4v) is 1.55. The number of nitro groups is 1. The van der Waals surface area contributed by atoms with Gasteiger partial charge in [-0.15, -0.1) is 0 Å². The van der Waals surface area contributed by atoms with Crippen LogP contribution in [-0.2, 0) is 9.47 Å². The first-order valence-corrected chi connectivity index (χ1v) is 6.40. The average molecular weight is 284 g/mol. The molecule has 0 heterocycles. The van der Waals surface area contributed by atoms with Crippen LogP contribution in [0.5, 0.6) is 5.75 Å². The molecule has 0 aliphatic heterocycles. The Balaban J connectivity index is 2.53. The maximum atomic E-state index is 10.8. The second kappa shape index (κ2) is 9.11. The van der Waals surface area contributed by atoms with Crippen LogP contribution in [-0.4, -0.2) is 45.0 Å². The Labute approximate surface area is 118 Å². The number of nitrogens with zero attached hydrogens (tertiary/aromatic N) is 1. The summed E-state index contributed by atoms with van der Waals surface area (Å²) in [6.45, 7) is 4.41. The lowest BCUT2D eigenvalue weighted by Crippen LogP contribution is -2.12. The van der Waals surface area contributed by atoms with Crippen LogP contribution in [0.15, 0.2) is 18.2 Å². The first-order valence-electron chi connectivity index (χ1n) is 6.40. The summed E-state index contributed by atoms with van der Waals surface area (Å²) in [5.41, 5.74) is 0.636. The fourth-order valence-electron chi connectivity index (χ4n) is 1.55. The third-order valence-electron chi connectivity index (χ3n) is 2.42. The maximum Gasteiger partial charge on any atom is 0.275 e. The Morgan fingerprint density at radius 3 is 2.70 bits per heavy atom. The van der Waals surface area contributed by atoms with Gasteiger partial charge in [-0.1, -0.05) is 0 Å². The molecular formula is C13H20N2O5. The highest BCUT2D eigenvalue weighted by Gasteiger charge is 2.10. The highest BCUT2D eigenvalue weighted by molar-refractivity contribution is 5.56. The number of ether oxygens (including phenoxy) is 3. The van der Waals surface area contributed by atoms with Gasteiger partial charge in [0, 0.05) is 31.5 Å². The molecule has 7 heteroatoms. The van der Waals surface area contributed by atoms with Gasteiger partial charge in [0.25, 0.3) is 5.69 Å². The van der Waals surface area contributed by atoms with Crippen LogP contribution < -0.4 is 10.1 Å². The van der Waals surface area contributed by atoms with Crippen molar-refractivity contribution in [1.29, 1.82) is 0 Å². The Bertz CT molecular complexity index is 425. The zero-order valence-electron chi connectivity index (χ0n) is 11.8. The number of rotatable bonds is 10. The van der Waals surface area contributed by atoms with Crippen molar-refractivity contribution in [2.45, 2.75) is 6.92 Å². The molecular weight excluding hydrogens is 264 g/mol. The summed E-state index contributed by atoms with van der Waals surface area (Å²) in [6.07, 6.45) is 0. The van der Waals surface area contributed by atoms with Gasteiger partial charge in [-0.25, -0.2) is 0 Å². The average Bonchev–Trinajstić information content (AvgIpc) is 2.43. The van der Waals surface area contributed by atoms with Gasteiger partial charge >= 0.3 is 0 Å². The van der Waals surface area contributed by atoms with Gasteiger partial charge in [0.15, 0.2) is 0 Å². The molecule has 7 nitrogen and oxygen atoms in total. The predicted octanol–water partition coefficient (Wildman–Crippen LogP) is 2.07. The summed E-state index contributed by atoms with van der Waals surface area (Å²) in [5, 5.41) is 13.9. The standard InChI is InChI=1S/C13H20N2O5/c1-3-20-13-9-11(8-12(10-13)15(16)17)14-4-5-19-7-6-18-2/h8-10,14H,3-7H2,1-2H3. The van der Waals surface area contributed by atoms with Crippen molar-refractivity contribution in [3.63, 3.8) is 0 Å². The number of anilines is 1. The van der Waals surface area contributed by atoms with E-state index in [4.69, 9.17) is 14.2 Å². The first-order chi connectivity index (χ1) is 9.67. The third-order valence-corrected chi connectivity index (χ3v) is 2.42. The Kier molecular flexibility index (Phi) is 7.38. The van der Waals surface area contributed by atoms with Gasteiger partial charge in [-0.2, -0.15) is 0 Å². The van der Waals surface area contributed by atoms with Crippen LogP contribution in [0.1, 0.15) is 6.92 Å². The van der Waals surface area contributed by atoms with Crippen LogP contribution >= 0.6 is 0 Å². The quantitative estimate of drug-likeness (QED) is 0.402. The summed E-state index contributed by atoms with van der Waals surface area (Å²) in [5.74, 6) is 0.476. The fraction of sp³-hybridized carbons (Fsp3) is 0.538. The minimum Gasteiger partial charge on any atom is -0.494 e. The predicted molar refractivity (Wildman–Crippen MR) is 75.5 cm³/mol. The van der Waals surface area contributed by atoms with Crippen molar-refractivity contribution >= 4 is 11.4 Å². The highest BCUT2D eigenvalue weighted by atomic mass is 16.6. The summed E-state index contributed by atoms with van der Waals surface area (Å²) in [6, 6.07) is 4.60. The van der Waals surface area contributed by atoms with Crippen molar-refractivity contribution in [3.05, 3.63) is 28.3 Å². The lowest BCUT2D eigenvalue weighted by molar-refractivity contribution is -0.384. The number of nitro benzene ring substituents is 1. The molecule has 0 spiro atoms. The smallest absolute Gasteiger partial charge is 0.275 e. The maximum absolute atomic E-state index is 10.8. The molecule has 0 bridgehead atoms. The van der Waals surface area contributed by atoms with Gasteiger partial charge in [0.1, 0.15) is 5.75 Å². The van der Waals surface area contributed by atoms with Gasteiger partial charge in [-0.3, -0.25) is 10.1 Å². The van der Waals surface area contributed by atoms with Gasteiger partial charge in [0.2, 0.25) is 0 Å². The van der Waals surface area contributed by atoms with E-state index in [0.29, 0.717) is 44.4 Å². The number of methoxy groups -OCH3 is 1. The zero-order chi connectivity index (χ0) is 14.8. The van der Waals surface area contributed by atoms with Crippen LogP contribution in [0.4, 0.5) is 11.4 Å². The molecule has 112 valence electrons. The van der Waals surface area contributed by atoms with Gasteiger partial charge in [-0.05, 0) is 6.92 Å². The first kappa shape index (κ1) is 16.2. The summed E-state index contributed by atoms with van der Waals surface area (Å²) >= 11 is 0. The van der Waals surface area contributed by atoms with E-state index >= 15 is 0 Å². The molecule has 0 saturated heterocycles. The molecule has 0 aliphatic rings. The zero-order valence-corrected chi connectivity index (χ0v) is 11.8. The molecule has 0 amide bonds. The molecule has 1 N–H and O–H groups in total. The van der Waals surface area contributed by atoms with E-state index in [0.717, 1.165) is 0 Å². The molecule has 0 atom stereocenters. The molecule has 1 aromatic carbocycles. The number of benzene rings is 1. The monoisotopic (exact) mass is 284 g/mol. The van der Waals surface area contributed by atoms with E-state index in [1.807, 2.05) is 6.92 Å². The Morgan fingerprint density at radius 2 is 2.05 bits per heavy atom. The topological polar surface area (TPSA) is 82.9 Å². The van der Waals surface area contributed by atoms with E-state index < -0.39 is 4.92 Å². The largest absolute Gasteiger partial charge is 0.494 e.